The van der Waals surface area contributed by atoms with Crippen molar-refractivity contribution in [3.8, 4) is 0 Å². The van der Waals surface area contributed by atoms with E-state index in [1.54, 1.807) is 0 Å². The number of fused-ring (bicyclic) bond motifs is 1. The minimum Gasteiger partial charge on any atom is -0.459 e. The van der Waals surface area contributed by atoms with Crippen molar-refractivity contribution in [2.45, 2.75) is 62.0 Å². The lowest BCUT2D eigenvalue weighted by molar-refractivity contribution is -0.236. The van der Waals surface area contributed by atoms with E-state index in [9.17, 15) is 24.6 Å². The first-order valence-corrected chi connectivity index (χ1v) is 8.48. The van der Waals surface area contributed by atoms with Crippen LogP contribution in [0.2, 0.25) is 0 Å². The normalized spacial score (nSPS) is 63.0. The fourth-order valence-electron chi connectivity index (χ4n) is 6.91. The summed E-state index contributed by atoms with van der Waals surface area (Å²) in [5, 5.41) is 22.2. The van der Waals surface area contributed by atoms with Crippen molar-refractivity contribution in [1.82, 2.24) is 0 Å². The van der Waals surface area contributed by atoms with Gasteiger partial charge in [0.15, 0.2) is 11.7 Å². The number of hydrogen-bond acceptors (Lipinski definition) is 9. The molecule has 4 saturated heterocycles. The number of esters is 3. The summed E-state index contributed by atoms with van der Waals surface area (Å²) in [7, 11) is 0. The van der Waals surface area contributed by atoms with Gasteiger partial charge in [0.1, 0.15) is 12.2 Å². The Morgan fingerprint density at radius 3 is 2.60 bits per heavy atom. The fourth-order valence-corrected chi connectivity index (χ4v) is 6.91. The van der Waals surface area contributed by atoms with Gasteiger partial charge in [0.05, 0.1) is 16.7 Å². The van der Waals surface area contributed by atoms with Gasteiger partial charge in [-0.3, -0.25) is 4.79 Å². The first-order valence-electron chi connectivity index (χ1n) is 8.48. The molecule has 0 bridgehead atoms. The molecule has 9 atom stereocenters. The van der Waals surface area contributed by atoms with E-state index in [1.807, 2.05) is 0 Å². The van der Waals surface area contributed by atoms with Crippen LogP contribution in [0.3, 0.4) is 0 Å². The van der Waals surface area contributed by atoms with E-state index in [1.165, 1.54) is 6.92 Å². The average molecular weight is 352 g/mol. The Bertz CT molecular complexity index is 780. The lowest BCUT2D eigenvalue weighted by Crippen LogP contribution is -2.65. The van der Waals surface area contributed by atoms with Gasteiger partial charge in [-0.25, -0.2) is 9.59 Å². The van der Waals surface area contributed by atoms with Gasteiger partial charge < -0.3 is 29.2 Å². The second-order valence-corrected chi connectivity index (χ2v) is 8.09. The van der Waals surface area contributed by atoms with Crippen LogP contribution in [0.25, 0.3) is 0 Å². The average Bonchev–Trinajstić information content (AvgIpc) is 3.26. The van der Waals surface area contributed by atoms with Crippen molar-refractivity contribution in [3.05, 3.63) is 0 Å². The summed E-state index contributed by atoms with van der Waals surface area (Å²) in [5.74, 6) is -3.20. The van der Waals surface area contributed by atoms with Crippen LogP contribution in [0.1, 0.15) is 26.2 Å². The molecule has 25 heavy (non-hydrogen) atoms. The predicted molar refractivity (Wildman–Crippen MR) is 72.3 cm³/mol. The molecule has 2 aliphatic carbocycles. The van der Waals surface area contributed by atoms with Crippen LogP contribution in [0.15, 0.2) is 0 Å². The molecule has 6 aliphatic rings. The molecule has 6 rings (SSSR count). The van der Waals surface area contributed by atoms with Gasteiger partial charge in [0, 0.05) is 6.42 Å². The molecule has 0 aromatic heterocycles. The van der Waals surface area contributed by atoms with E-state index >= 15 is 0 Å². The molecule has 2 N–H and O–H groups in total. The van der Waals surface area contributed by atoms with Gasteiger partial charge >= 0.3 is 17.9 Å². The quantitative estimate of drug-likeness (QED) is 0.391. The lowest BCUT2D eigenvalue weighted by Gasteiger charge is -2.41. The zero-order valence-electron chi connectivity index (χ0n) is 13.3. The van der Waals surface area contributed by atoms with Crippen LogP contribution >= 0.6 is 0 Å². The number of ether oxygens (including phenoxy) is 4. The molecule has 4 heterocycles. The van der Waals surface area contributed by atoms with Crippen LogP contribution in [-0.4, -0.2) is 63.9 Å². The van der Waals surface area contributed by atoms with Crippen molar-refractivity contribution < 1.29 is 43.5 Å². The van der Waals surface area contributed by atoms with E-state index < -0.39 is 70.5 Å². The Morgan fingerprint density at radius 1 is 1.08 bits per heavy atom. The largest absolute Gasteiger partial charge is 0.459 e. The summed E-state index contributed by atoms with van der Waals surface area (Å²) in [6.45, 7) is 1.48. The minimum atomic E-state index is -1.93. The van der Waals surface area contributed by atoms with E-state index in [0.717, 1.165) is 0 Å². The van der Waals surface area contributed by atoms with E-state index in [4.69, 9.17) is 18.9 Å². The van der Waals surface area contributed by atoms with Crippen molar-refractivity contribution in [2.24, 2.45) is 16.7 Å². The topological polar surface area (TPSA) is 129 Å². The third-order valence-corrected chi connectivity index (χ3v) is 7.84. The molecule has 2 saturated carbocycles. The Balaban J connectivity index is 1.67. The highest BCUT2D eigenvalue weighted by atomic mass is 16.8. The number of carbonyl (C=O) groups is 3. The second-order valence-electron chi connectivity index (χ2n) is 8.09. The molecular formula is C16H16O9. The number of hydrogen-bond donors (Lipinski definition) is 2. The number of carbonyl (C=O) groups excluding carboxylic acids is 3. The van der Waals surface area contributed by atoms with Crippen molar-refractivity contribution in [2.75, 3.05) is 0 Å². The molecule has 0 aromatic rings. The molecule has 0 amide bonds. The van der Waals surface area contributed by atoms with Crippen molar-refractivity contribution in [1.29, 1.82) is 0 Å². The molecule has 2 spiro atoms. The summed E-state index contributed by atoms with van der Waals surface area (Å²) in [4.78, 5) is 37.1. The standard InChI is InChI=1S/C16H16O9/c1-5-9(18)22-7-4-14-6-2-3-13(14)8(17)10(19)24-12(13)25-16(14,11(20)23-6)15(5,7)21/h5-8,12,17,21H,2-4H2,1H3/t5-,6?,7?,8+,12?,13?,14?,15-,16?/m1/s1. The molecule has 6 fully saturated rings. The van der Waals surface area contributed by atoms with Gasteiger partial charge in [0.2, 0.25) is 11.9 Å². The highest BCUT2D eigenvalue weighted by molar-refractivity contribution is 5.93. The van der Waals surface area contributed by atoms with Crippen LogP contribution in [0.5, 0.6) is 0 Å². The summed E-state index contributed by atoms with van der Waals surface area (Å²) in [6, 6.07) is 0. The van der Waals surface area contributed by atoms with Crippen LogP contribution in [0, 0.1) is 16.7 Å². The van der Waals surface area contributed by atoms with Crippen molar-refractivity contribution in [3.63, 3.8) is 0 Å². The monoisotopic (exact) mass is 352 g/mol. The highest BCUT2D eigenvalue weighted by Crippen LogP contribution is 2.82. The molecular weight excluding hydrogens is 336 g/mol. The molecule has 4 aliphatic heterocycles. The second kappa shape index (κ2) is 3.56. The fraction of sp³-hybridized carbons (Fsp3) is 0.812. The van der Waals surface area contributed by atoms with E-state index in [0.29, 0.717) is 12.8 Å². The van der Waals surface area contributed by atoms with Gasteiger partial charge in [-0.1, -0.05) is 0 Å². The zero-order chi connectivity index (χ0) is 17.6. The maximum Gasteiger partial charge on any atom is 0.342 e. The molecule has 0 radical (unpaired) electrons. The predicted octanol–water partition coefficient (Wildman–Crippen LogP) is -1.61. The van der Waals surface area contributed by atoms with E-state index in [2.05, 4.69) is 0 Å². The first-order chi connectivity index (χ1) is 11.8. The maximum absolute atomic E-state index is 13.0. The first kappa shape index (κ1) is 14.5. The maximum atomic E-state index is 13.0. The number of rotatable bonds is 0. The summed E-state index contributed by atoms with van der Waals surface area (Å²) in [6.07, 6.45) is -3.35. The van der Waals surface area contributed by atoms with Gasteiger partial charge in [-0.2, -0.15) is 0 Å². The Labute approximate surface area is 141 Å². The number of aliphatic hydroxyl groups is 2. The molecule has 9 nitrogen and oxygen atoms in total. The Kier molecular flexibility index (Phi) is 2.06. The van der Waals surface area contributed by atoms with Crippen LogP contribution in [-0.2, 0) is 33.3 Å². The Morgan fingerprint density at radius 2 is 1.84 bits per heavy atom. The SMILES string of the molecule is C[C@@H]1C(=O)OC2CC34C5CCC36C(OC(=O)[C@@H]6O)OC4(C(=O)O5)[C@]21O. The number of aliphatic hydroxyl groups excluding tert-OH is 1. The molecule has 134 valence electrons. The van der Waals surface area contributed by atoms with Gasteiger partial charge in [-0.05, 0) is 19.8 Å². The lowest BCUT2D eigenvalue weighted by atomic mass is 9.56. The summed E-state index contributed by atoms with van der Waals surface area (Å²) >= 11 is 0. The highest BCUT2D eigenvalue weighted by Gasteiger charge is 2.99. The minimum absolute atomic E-state index is 0.0835. The molecule has 9 heteroatoms. The van der Waals surface area contributed by atoms with Gasteiger partial charge in [-0.15, -0.1) is 0 Å². The molecule has 6 unspecified atom stereocenters. The third kappa shape index (κ3) is 0.969. The third-order valence-electron chi connectivity index (χ3n) is 7.84. The smallest absolute Gasteiger partial charge is 0.342 e. The van der Waals surface area contributed by atoms with Gasteiger partial charge in [0.25, 0.3) is 0 Å². The Hall–Kier alpha value is -1.71. The van der Waals surface area contributed by atoms with Crippen LogP contribution < -0.4 is 0 Å². The summed E-state index contributed by atoms with van der Waals surface area (Å²) < 4.78 is 22.1. The van der Waals surface area contributed by atoms with E-state index in [-0.39, 0.29) is 6.42 Å². The van der Waals surface area contributed by atoms with Crippen LogP contribution in [0.4, 0.5) is 0 Å². The zero-order valence-corrected chi connectivity index (χ0v) is 13.3. The summed E-state index contributed by atoms with van der Waals surface area (Å²) in [5.41, 5.74) is -6.16. The molecule has 0 aromatic carbocycles. The van der Waals surface area contributed by atoms with Crippen molar-refractivity contribution >= 4 is 17.9 Å².